The second-order valence-corrected chi connectivity index (χ2v) is 7.35. The Morgan fingerprint density at radius 2 is 1.83 bits per heavy atom. The Labute approximate surface area is 175 Å². The van der Waals surface area contributed by atoms with E-state index in [1.54, 1.807) is 6.07 Å². The van der Waals surface area contributed by atoms with Crippen LogP contribution in [0.15, 0.2) is 54.6 Å². The number of aromatic nitrogens is 3. The molecule has 0 spiro atoms. The predicted molar refractivity (Wildman–Crippen MR) is 120 cm³/mol. The van der Waals surface area contributed by atoms with Crippen molar-refractivity contribution in [3.63, 3.8) is 0 Å². The van der Waals surface area contributed by atoms with Crippen molar-refractivity contribution < 1.29 is 4.79 Å². The first kappa shape index (κ1) is 19.6. The number of hydrogen-bond acceptors (Lipinski definition) is 4. The van der Waals surface area contributed by atoms with Crippen LogP contribution in [0.1, 0.15) is 39.8 Å². The molecule has 0 atom stereocenters. The van der Waals surface area contributed by atoms with Gasteiger partial charge in [-0.2, -0.15) is 4.98 Å². The summed E-state index contributed by atoms with van der Waals surface area (Å²) in [5.41, 5.74) is 11.1. The lowest BCUT2D eigenvalue weighted by molar-refractivity contribution is 0.100. The number of benzene rings is 2. The van der Waals surface area contributed by atoms with Crippen molar-refractivity contribution >= 4 is 22.6 Å². The minimum absolute atomic E-state index is 0.443. The topological polar surface area (TPSA) is 85.8 Å². The van der Waals surface area contributed by atoms with Crippen LogP contribution in [0.25, 0.3) is 16.9 Å². The van der Waals surface area contributed by atoms with Gasteiger partial charge in [-0.25, -0.2) is 4.98 Å². The van der Waals surface area contributed by atoms with Crippen LogP contribution in [0.3, 0.4) is 0 Å². The summed E-state index contributed by atoms with van der Waals surface area (Å²) in [5, 5.41) is 4.29. The Hall–Kier alpha value is -3.67. The molecule has 6 nitrogen and oxygen atoms in total. The van der Waals surface area contributed by atoms with Gasteiger partial charge in [-0.1, -0.05) is 43.3 Å². The zero-order valence-corrected chi connectivity index (χ0v) is 17.4. The highest BCUT2D eigenvalue weighted by Gasteiger charge is 2.17. The smallest absolute Gasteiger partial charge is 0.249 e. The van der Waals surface area contributed by atoms with Crippen LogP contribution in [0.5, 0.6) is 0 Å². The van der Waals surface area contributed by atoms with E-state index in [0.29, 0.717) is 18.1 Å². The minimum atomic E-state index is -0.443. The molecule has 0 fully saturated rings. The number of rotatable bonds is 6. The number of anilines is 1. The van der Waals surface area contributed by atoms with Crippen LogP contribution in [-0.2, 0) is 13.0 Å². The number of hydrogen-bond donors (Lipinski definition) is 2. The van der Waals surface area contributed by atoms with E-state index in [9.17, 15) is 4.79 Å². The number of nitrogens with one attached hydrogen (secondary N) is 1. The number of primary amides is 1. The fourth-order valence-electron chi connectivity index (χ4n) is 3.88. The first-order valence-electron chi connectivity index (χ1n) is 10.1. The van der Waals surface area contributed by atoms with Crippen LogP contribution < -0.4 is 11.1 Å². The van der Waals surface area contributed by atoms with Crippen LogP contribution >= 0.6 is 0 Å². The third-order valence-electron chi connectivity index (χ3n) is 5.35. The summed E-state index contributed by atoms with van der Waals surface area (Å²) in [6.45, 7) is 6.78. The van der Waals surface area contributed by atoms with Gasteiger partial charge in [-0.15, -0.1) is 0 Å². The lowest BCUT2D eigenvalue weighted by Gasteiger charge is -2.15. The molecule has 4 rings (SSSR count). The summed E-state index contributed by atoms with van der Waals surface area (Å²) in [6, 6.07) is 17.7. The normalized spacial score (nSPS) is 11.0. The van der Waals surface area contributed by atoms with Gasteiger partial charge in [0.2, 0.25) is 11.9 Å². The van der Waals surface area contributed by atoms with Gasteiger partial charge < -0.3 is 11.1 Å². The molecule has 0 aliphatic carbocycles. The van der Waals surface area contributed by atoms with E-state index in [0.717, 1.165) is 40.1 Å². The molecule has 152 valence electrons. The fourth-order valence-corrected chi connectivity index (χ4v) is 3.88. The number of nitrogens with zero attached hydrogens (tertiary/aromatic N) is 3. The molecule has 0 saturated carbocycles. The summed E-state index contributed by atoms with van der Waals surface area (Å²) < 4.78 is 1.97. The summed E-state index contributed by atoms with van der Waals surface area (Å²) in [5.74, 6) is 0.965. The molecule has 2 heterocycles. The van der Waals surface area contributed by atoms with E-state index in [1.165, 1.54) is 5.56 Å². The molecule has 1 amide bonds. The Morgan fingerprint density at radius 1 is 1.07 bits per heavy atom. The van der Waals surface area contributed by atoms with Crippen LogP contribution in [0.2, 0.25) is 0 Å². The molecule has 3 N–H and O–H groups in total. The van der Waals surface area contributed by atoms with Gasteiger partial charge >= 0.3 is 0 Å². The molecule has 0 radical (unpaired) electrons. The number of fused-ring (bicyclic) bond motifs is 1. The standard InChI is InChI=1S/C24H25N5O/c1-4-18-16(3)27-24(28-23(18)26-14-17-9-6-5-7-10-17)29-15(2)13-20-19(22(25)30)11-8-12-21(20)29/h5-13H,4,14H2,1-3H3,(H2,25,30)(H,26,27,28). The quantitative estimate of drug-likeness (QED) is 0.506. The Kier molecular flexibility index (Phi) is 5.23. The maximum Gasteiger partial charge on any atom is 0.249 e. The van der Waals surface area contributed by atoms with E-state index < -0.39 is 5.91 Å². The van der Waals surface area contributed by atoms with E-state index >= 15 is 0 Å². The lowest BCUT2D eigenvalue weighted by atomic mass is 10.1. The van der Waals surface area contributed by atoms with Crippen molar-refractivity contribution in [2.24, 2.45) is 5.73 Å². The number of carbonyl (C=O) groups is 1. The van der Waals surface area contributed by atoms with Crippen LogP contribution in [0.4, 0.5) is 5.82 Å². The molecule has 0 unspecified atom stereocenters. The molecule has 0 saturated heterocycles. The van der Waals surface area contributed by atoms with Gasteiger partial charge in [-0.05, 0) is 44.0 Å². The first-order chi connectivity index (χ1) is 14.5. The van der Waals surface area contributed by atoms with Gasteiger partial charge in [0.25, 0.3) is 0 Å². The molecule has 30 heavy (non-hydrogen) atoms. The van der Waals surface area contributed by atoms with Crippen molar-refractivity contribution in [3.05, 3.63) is 82.7 Å². The van der Waals surface area contributed by atoms with E-state index in [4.69, 9.17) is 15.7 Å². The molecule has 2 aromatic heterocycles. The third-order valence-corrected chi connectivity index (χ3v) is 5.35. The predicted octanol–water partition coefficient (Wildman–Crippen LogP) is 4.31. The zero-order chi connectivity index (χ0) is 21.3. The molecular formula is C24H25N5O. The summed E-state index contributed by atoms with van der Waals surface area (Å²) >= 11 is 0. The van der Waals surface area contributed by atoms with Crippen LogP contribution in [0, 0.1) is 13.8 Å². The third kappa shape index (κ3) is 3.52. The minimum Gasteiger partial charge on any atom is -0.366 e. The summed E-state index contributed by atoms with van der Waals surface area (Å²) in [4.78, 5) is 21.5. The highest BCUT2D eigenvalue weighted by Crippen LogP contribution is 2.27. The van der Waals surface area contributed by atoms with Gasteiger partial charge in [0.05, 0.1) is 5.52 Å². The molecule has 2 aromatic carbocycles. The molecule has 0 aliphatic rings. The maximum atomic E-state index is 11.9. The Morgan fingerprint density at radius 3 is 2.53 bits per heavy atom. The maximum absolute atomic E-state index is 11.9. The largest absolute Gasteiger partial charge is 0.366 e. The molecule has 6 heteroatoms. The first-order valence-corrected chi connectivity index (χ1v) is 10.1. The van der Waals surface area contributed by atoms with Crippen molar-refractivity contribution in [1.29, 1.82) is 0 Å². The number of nitrogens with two attached hydrogens (primary N) is 1. The second-order valence-electron chi connectivity index (χ2n) is 7.35. The van der Waals surface area contributed by atoms with Gasteiger partial charge in [-0.3, -0.25) is 9.36 Å². The Balaban J connectivity index is 1.82. The van der Waals surface area contributed by atoms with Gasteiger partial charge in [0, 0.05) is 34.4 Å². The fraction of sp³-hybridized carbons (Fsp3) is 0.208. The summed E-state index contributed by atoms with van der Waals surface area (Å²) in [7, 11) is 0. The average Bonchev–Trinajstić information content (AvgIpc) is 3.08. The number of amides is 1. The van der Waals surface area contributed by atoms with Gasteiger partial charge in [0.1, 0.15) is 5.82 Å². The highest BCUT2D eigenvalue weighted by molar-refractivity contribution is 6.06. The van der Waals surface area contributed by atoms with Crippen molar-refractivity contribution in [2.75, 3.05) is 5.32 Å². The van der Waals surface area contributed by atoms with Crippen molar-refractivity contribution in [3.8, 4) is 5.95 Å². The van der Waals surface area contributed by atoms with E-state index in [1.807, 2.05) is 54.8 Å². The van der Waals surface area contributed by atoms with Crippen molar-refractivity contribution in [2.45, 2.75) is 33.7 Å². The second kappa shape index (κ2) is 7.99. The molecule has 0 bridgehead atoms. The summed E-state index contributed by atoms with van der Waals surface area (Å²) in [6.07, 6.45) is 0.834. The molecule has 0 aliphatic heterocycles. The lowest BCUT2D eigenvalue weighted by Crippen LogP contribution is -2.12. The number of aryl methyl sites for hydroxylation is 2. The van der Waals surface area contributed by atoms with Gasteiger partial charge in [0.15, 0.2) is 0 Å². The molecular weight excluding hydrogens is 374 g/mol. The average molecular weight is 399 g/mol. The highest BCUT2D eigenvalue weighted by atomic mass is 16.1. The zero-order valence-electron chi connectivity index (χ0n) is 17.4. The van der Waals surface area contributed by atoms with E-state index in [-0.39, 0.29) is 0 Å². The Bertz CT molecular complexity index is 1230. The molecule has 4 aromatic rings. The van der Waals surface area contributed by atoms with Crippen molar-refractivity contribution in [1.82, 2.24) is 14.5 Å². The monoisotopic (exact) mass is 399 g/mol. The SMILES string of the molecule is CCc1c(C)nc(-n2c(C)cc3c(C(N)=O)cccc32)nc1NCc1ccccc1. The number of carbonyl (C=O) groups excluding carboxylic acids is 1. The van der Waals surface area contributed by atoms with E-state index in [2.05, 4.69) is 24.4 Å². The van der Waals surface area contributed by atoms with Crippen LogP contribution in [-0.4, -0.2) is 20.4 Å².